The van der Waals surface area contributed by atoms with Gasteiger partial charge in [-0.2, -0.15) is 0 Å². The molecule has 110 valence electrons. The molecule has 0 saturated heterocycles. The van der Waals surface area contributed by atoms with Gasteiger partial charge in [0, 0.05) is 16.1 Å². The van der Waals surface area contributed by atoms with Crippen molar-refractivity contribution in [2.24, 2.45) is 5.92 Å². The third-order valence-corrected chi connectivity index (χ3v) is 5.00. The third kappa shape index (κ3) is 3.24. The lowest BCUT2D eigenvalue weighted by atomic mass is 9.97. The molecule has 0 amide bonds. The maximum atomic E-state index is 3.60. The second-order valence-electron chi connectivity index (χ2n) is 6.55. The van der Waals surface area contributed by atoms with Gasteiger partial charge in [0.2, 0.25) is 0 Å². The molecule has 0 saturated carbocycles. The standard InChI is InChI=1S/C18H27NS/c1-11(2)9-19-10-17-18(12(3)4)15-7-13(5)14(6)8-16(15)20-17/h7-8,11-12,19H,9-10H2,1-6H3. The number of benzene rings is 1. The van der Waals surface area contributed by atoms with Crippen LogP contribution in [0.1, 0.15) is 55.2 Å². The Morgan fingerprint density at radius 1 is 1.05 bits per heavy atom. The lowest BCUT2D eigenvalue weighted by molar-refractivity contribution is 0.553. The van der Waals surface area contributed by atoms with Crippen LogP contribution in [0.5, 0.6) is 0 Å². The van der Waals surface area contributed by atoms with E-state index >= 15 is 0 Å². The van der Waals surface area contributed by atoms with E-state index in [1.54, 1.807) is 5.56 Å². The van der Waals surface area contributed by atoms with Crippen molar-refractivity contribution in [3.63, 3.8) is 0 Å². The molecule has 0 aliphatic rings. The van der Waals surface area contributed by atoms with E-state index in [-0.39, 0.29) is 0 Å². The number of fused-ring (bicyclic) bond motifs is 1. The monoisotopic (exact) mass is 289 g/mol. The van der Waals surface area contributed by atoms with Gasteiger partial charge < -0.3 is 5.32 Å². The molecule has 1 nitrogen and oxygen atoms in total. The number of aryl methyl sites for hydroxylation is 2. The van der Waals surface area contributed by atoms with Crippen molar-refractivity contribution in [3.8, 4) is 0 Å². The van der Waals surface area contributed by atoms with Crippen LogP contribution in [0.25, 0.3) is 10.1 Å². The predicted molar refractivity (Wildman–Crippen MR) is 91.9 cm³/mol. The largest absolute Gasteiger partial charge is 0.312 e. The lowest BCUT2D eigenvalue weighted by Crippen LogP contribution is -2.19. The Hall–Kier alpha value is -0.860. The van der Waals surface area contributed by atoms with Gasteiger partial charge in [0.15, 0.2) is 0 Å². The van der Waals surface area contributed by atoms with Crippen LogP contribution in [-0.2, 0) is 6.54 Å². The van der Waals surface area contributed by atoms with Crippen LogP contribution in [0.3, 0.4) is 0 Å². The Morgan fingerprint density at radius 2 is 1.70 bits per heavy atom. The molecule has 0 spiro atoms. The van der Waals surface area contributed by atoms with E-state index < -0.39 is 0 Å². The molecule has 1 aromatic carbocycles. The fourth-order valence-corrected chi connectivity index (χ4v) is 4.07. The quantitative estimate of drug-likeness (QED) is 0.778. The van der Waals surface area contributed by atoms with Crippen molar-refractivity contribution in [2.45, 2.75) is 54.0 Å². The maximum Gasteiger partial charge on any atom is 0.0351 e. The van der Waals surface area contributed by atoms with Gasteiger partial charge in [-0.3, -0.25) is 0 Å². The highest BCUT2D eigenvalue weighted by molar-refractivity contribution is 7.19. The van der Waals surface area contributed by atoms with E-state index in [4.69, 9.17) is 0 Å². The normalized spacial score (nSPS) is 12.0. The summed E-state index contributed by atoms with van der Waals surface area (Å²) in [5, 5.41) is 5.06. The molecular weight excluding hydrogens is 262 g/mol. The van der Waals surface area contributed by atoms with Crippen LogP contribution >= 0.6 is 11.3 Å². The van der Waals surface area contributed by atoms with Crippen LogP contribution in [0.2, 0.25) is 0 Å². The number of hydrogen-bond acceptors (Lipinski definition) is 2. The van der Waals surface area contributed by atoms with Crippen molar-refractivity contribution >= 4 is 21.4 Å². The van der Waals surface area contributed by atoms with Crippen molar-refractivity contribution in [2.75, 3.05) is 6.54 Å². The van der Waals surface area contributed by atoms with Gasteiger partial charge in [-0.1, -0.05) is 33.8 Å². The molecule has 2 heteroatoms. The fraction of sp³-hybridized carbons (Fsp3) is 0.556. The van der Waals surface area contributed by atoms with E-state index in [1.165, 1.54) is 26.1 Å². The molecule has 1 N–H and O–H groups in total. The average Bonchev–Trinajstić information content (AvgIpc) is 2.67. The number of nitrogens with one attached hydrogen (secondary N) is 1. The second kappa shape index (κ2) is 6.28. The van der Waals surface area contributed by atoms with Gasteiger partial charge in [-0.15, -0.1) is 11.3 Å². The zero-order chi connectivity index (χ0) is 14.9. The van der Waals surface area contributed by atoms with E-state index in [9.17, 15) is 0 Å². The number of hydrogen-bond donors (Lipinski definition) is 1. The Morgan fingerprint density at radius 3 is 2.30 bits per heavy atom. The van der Waals surface area contributed by atoms with Gasteiger partial charge in [-0.25, -0.2) is 0 Å². The van der Waals surface area contributed by atoms with Crippen LogP contribution in [-0.4, -0.2) is 6.54 Å². The minimum absolute atomic E-state index is 0.585. The van der Waals surface area contributed by atoms with Crippen LogP contribution < -0.4 is 5.32 Å². The highest BCUT2D eigenvalue weighted by Gasteiger charge is 2.15. The molecule has 2 aromatic rings. The topological polar surface area (TPSA) is 12.0 Å². The van der Waals surface area contributed by atoms with Crippen molar-refractivity contribution in [3.05, 3.63) is 33.7 Å². The minimum Gasteiger partial charge on any atom is -0.312 e. The summed E-state index contributed by atoms with van der Waals surface area (Å²) in [7, 11) is 0. The molecule has 0 unspecified atom stereocenters. The predicted octanol–water partition coefficient (Wildman–Crippen LogP) is 5.39. The van der Waals surface area contributed by atoms with Gasteiger partial charge in [0.05, 0.1) is 0 Å². The first-order valence-corrected chi connectivity index (χ1v) is 8.45. The summed E-state index contributed by atoms with van der Waals surface area (Å²) in [4.78, 5) is 1.51. The van der Waals surface area contributed by atoms with E-state index in [2.05, 4.69) is 59.0 Å². The smallest absolute Gasteiger partial charge is 0.0351 e. The minimum atomic E-state index is 0.585. The Balaban J connectivity index is 2.40. The Kier molecular flexibility index (Phi) is 4.87. The molecule has 1 heterocycles. The SMILES string of the molecule is Cc1cc2sc(CNCC(C)C)c(C(C)C)c2cc1C. The number of thiophene rings is 1. The molecule has 0 atom stereocenters. The summed E-state index contributed by atoms with van der Waals surface area (Å²) in [5.74, 6) is 1.29. The maximum absolute atomic E-state index is 3.60. The van der Waals surface area contributed by atoms with E-state index in [0.717, 1.165) is 13.1 Å². The zero-order valence-electron chi connectivity index (χ0n) is 13.6. The molecule has 2 rings (SSSR count). The average molecular weight is 289 g/mol. The van der Waals surface area contributed by atoms with Gasteiger partial charge in [0.25, 0.3) is 0 Å². The highest BCUT2D eigenvalue weighted by atomic mass is 32.1. The molecule has 0 bridgehead atoms. The summed E-state index contributed by atoms with van der Waals surface area (Å²) in [5.41, 5.74) is 4.35. The van der Waals surface area contributed by atoms with E-state index in [0.29, 0.717) is 11.8 Å². The molecule has 0 fully saturated rings. The summed E-state index contributed by atoms with van der Waals surface area (Å²) in [6.45, 7) is 15.6. The van der Waals surface area contributed by atoms with Gasteiger partial charge >= 0.3 is 0 Å². The molecule has 0 aliphatic carbocycles. The Bertz CT molecular complexity index is 593. The molecule has 20 heavy (non-hydrogen) atoms. The molecule has 1 aromatic heterocycles. The molecular formula is C18H27NS. The molecule has 0 aliphatic heterocycles. The van der Waals surface area contributed by atoms with Crippen molar-refractivity contribution in [1.29, 1.82) is 0 Å². The van der Waals surface area contributed by atoms with Crippen LogP contribution in [0, 0.1) is 19.8 Å². The first-order chi connectivity index (χ1) is 9.40. The van der Waals surface area contributed by atoms with Gasteiger partial charge in [0.1, 0.15) is 0 Å². The molecule has 0 radical (unpaired) electrons. The summed E-state index contributed by atoms with van der Waals surface area (Å²) < 4.78 is 1.44. The van der Waals surface area contributed by atoms with Crippen LogP contribution in [0.4, 0.5) is 0 Å². The second-order valence-corrected chi connectivity index (χ2v) is 7.69. The van der Waals surface area contributed by atoms with Crippen LogP contribution in [0.15, 0.2) is 12.1 Å². The Labute approximate surface area is 127 Å². The lowest BCUT2D eigenvalue weighted by Gasteiger charge is -2.11. The summed E-state index contributed by atoms with van der Waals surface area (Å²) in [6.07, 6.45) is 0. The van der Waals surface area contributed by atoms with Crippen molar-refractivity contribution in [1.82, 2.24) is 5.32 Å². The summed E-state index contributed by atoms with van der Waals surface area (Å²) in [6, 6.07) is 4.73. The number of rotatable bonds is 5. The third-order valence-electron chi connectivity index (χ3n) is 3.84. The van der Waals surface area contributed by atoms with Gasteiger partial charge in [-0.05, 0) is 60.4 Å². The van der Waals surface area contributed by atoms with Crippen molar-refractivity contribution < 1.29 is 0 Å². The summed E-state index contributed by atoms with van der Waals surface area (Å²) >= 11 is 1.96. The zero-order valence-corrected chi connectivity index (χ0v) is 14.4. The fourth-order valence-electron chi connectivity index (χ4n) is 2.66. The highest BCUT2D eigenvalue weighted by Crippen LogP contribution is 2.37. The van der Waals surface area contributed by atoms with E-state index in [1.807, 2.05) is 11.3 Å². The first kappa shape index (κ1) is 15.5. The first-order valence-electron chi connectivity index (χ1n) is 7.63.